The first kappa shape index (κ1) is 25.8. The Morgan fingerprint density at radius 3 is 2.49 bits per heavy atom. The molecule has 0 bridgehead atoms. The Kier molecular flexibility index (Phi) is 6.54. The van der Waals surface area contributed by atoms with Crippen molar-refractivity contribution >= 4 is 34.3 Å². The fraction of sp³-hybridized carbons (Fsp3) is 0.375. The van der Waals surface area contributed by atoms with E-state index in [-0.39, 0.29) is 24.4 Å². The number of aryl methyl sites for hydroxylation is 1. The van der Waals surface area contributed by atoms with E-state index in [1.165, 1.54) is 0 Å². The molecule has 2 aliphatic rings. The van der Waals surface area contributed by atoms with Crippen molar-refractivity contribution in [1.82, 2.24) is 19.4 Å². The molecule has 2 amide bonds. The van der Waals surface area contributed by atoms with Crippen LogP contribution in [0.5, 0.6) is 0 Å². The standard InChI is InChI=1S/C32H35ClN4O2/c1-21-10-13-24(14-11-21)34-31(39)32(3)20-36-27-15-12-22(2)18-25(27)28(35-16-6-7-17-35)29(36)30(38)37(32)19-23-8-4-5-9-26(23)33/h4-9,12,15-18,21,24H,10-11,13-14,19-20H2,1-3H3,(H,34,39). The molecule has 1 fully saturated rings. The summed E-state index contributed by atoms with van der Waals surface area (Å²) >= 11 is 6.58. The molecule has 39 heavy (non-hydrogen) atoms. The van der Waals surface area contributed by atoms with Crippen LogP contribution in [-0.2, 0) is 17.9 Å². The van der Waals surface area contributed by atoms with Crippen LogP contribution in [0.15, 0.2) is 67.0 Å². The highest BCUT2D eigenvalue weighted by atomic mass is 35.5. The summed E-state index contributed by atoms with van der Waals surface area (Å²) in [6.07, 6.45) is 8.08. The number of aromatic nitrogens is 2. The molecule has 2 aromatic heterocycles. The van der Waals surface area contributed by atoms with Gasteiger partial charge in [-0.05, 0) is 81.3 Å². The first-order chi connectivity index (χ1) is 18.8. The van der Waals surface area contributed by atoms with Gasteiger partial charge in [0.2, 0.25) is 5.91 Å². The van der Waals surface area contributed by atoms with E-state index in [1.807, 2.05) is 60.3 Å². The van der Waals surface area contributed by atoms with Crippen LogP contribution in [-0.4, -0.2) is 37.4 Å². The predicted octanol–water partition coefficient (Wildman–Crippen LogP) is 6.50. The second kappa shape index (κ2) is 9.91. The minimum absolute atomic E-state index is 0.107. The summed E-state index contributed by atoms with van der Waals surface area (Å²) in [5, 5.41) is 4.92. The number of carbonyl (C=O) groups excluding carboxylic acids is 2. The molecule has 3 heterocycles. The Bertz CT molecular complexity index is 1550. The van der Waals surface area contributed by atoms with Crippen LogP contribution in [0.1, 0.15) is 61.1 Å². The fourth-order valence-electron chi connectivity index (χ4n) is 6.30. The van der Waals surface area contributed by atoms with Crippen molar-refractivity contribution in [1.29, 1.82) is 0 Å². The number of carbonyl (C=O) groups is 2. The van der Waals surface area contributed by atoms with Gasteiger partial charge < -0.3 is 19.4 Å². The highest BCUT2D eigenvalue weighted by Crippen LogP contribution is 2.39. The molecule has 6 nitrogen and oxygen atoms in total. The van der Waals surface area contributed by atoms with Crippen LogP contribution < -0.4 is 5.32 Å². The maximum Gasteiger partial charge on any atom is 0.273 e. The third-order valence-corrected chi connectivity index (χ3v) is 9.06. The lowest BCUT2D eigenvalue weighted by atomic mass is 9.86. The highest BCUT2D eigenvalue weighted by molar-refractivity contribution is 6.31. The molecular weight excluding hydrogens is 508 g/mol. The molecule has 1 aliphatic carbocycles. The van der Waals surface area contributed by atoms with Gasteiger partial charge in [0.05, 0.1) is 17.7 Å². The zero-order valence-corrected chi connectivity index (χ0v) is 23.5. The van der Waals surface area contributed by atoms with Gasteiger partial charge in [0, 0.05) is 35.4 Å². The minimum atomic E-state index is -1.10. The second-order valence-corrected chi connectivity index (χ2v) is 12.0. The lowest BCUT2D eigenvalue weighted by Gasteiger charge is -2.45. The van der Waals surface area contributed by atoms with Gasteiger partial charge in [-0.3, -0.25) is 9.59 Å². The quantitative estimate of drug-likeness (QED) is 0.313. The molecule has 1 unspecified atom stereocenters. The highest BCUT2D eigenvalue weighted by Gasteiger charge is 2.49. The number of hydrogen-bond donors (Lipinski definition) is 1. The number of benzene rings is 2. The molecule has 202 valence electrons. The monoisotopic (exact) mass is 542 g/mol. The molecule has 7 heteroatoms. The van der Waals surface area contributed by atoms with Crippen LogP contribution in [0.25, 0.3) is 16.6 Å². The summed E-state index contributed by atoms with van der Waals surface area (Å²) in [5.74, 6) is 0.407. The van der Waals surface area contributed by atoms with E-state index in [1.54, 1.807) is 4.90 Å². The molecule has 1 aliphatic heterocycles. The van der Waals surface area contributed by atoms with Crippen molar-refractivity contribution in [2.75, 3.05) is 0 Å². The average Bonchev–Trinajstić information content (AvgIpc) is 3.55. The maximum absolute atomic E-state index is 14.6. The van der Waals surface area contributed by atoms with E-state index in [9.17, 15) is 9.59 Å². The van der Waals surface area contributed by atoms with Crippen molar-refractivity contribution in [2.45, 2.75) is 71.1 Å². The zero-order chi connectivity index (χ0) is 27.3. The fourth-order valence-corrected chi connectivity index (χ4v) is 6.50. The van der Waals surface area contributed by atoms with Crippen LogP contribution in [0, 0.1) is 12.8 Å². The van der Waals surface area contributed by atoms with Crippen molar-refractivity contribution in [2.24, 2.45) is 5.92 Å². The van der Waals surface area contributed by atoms with E-state index in [0.29, 0.717) is 23.2 Å². The van der Waals surface area contributed by atoms with Crippen molar-refractivity contribution in [3.8, 4) is 5.69 Å². The van der Waals surface area contributed by atoms with Crippen LogP contribution in [0.3, 0.4) is 0 Å². The molecule has 2 aromatic carbocycles. The van der Waals surface area contributed by atoms with E-state index >= 15 is 0 Å². The van der Waals surface area contributed by atoms with E-state index in [2.05, 4.69) is 41.9 Å². The number of nitrogens with zero attached hydrogens (tertiary/aromatic N) is 3. The van der Waals surface area contributed by atoms with Gasteiger partial charge in [-0.25, -0.2) is 0 Å². The lowest BCUT2D eigenvalue weighted by Crippen LogP contribution is -2.64. The van der Waals surface area contributed by atoms with Gasteiger partial charge in [-0.15, -0.1) is 0 Å². The van der Waals surface area contributed by atoms with E-state index < -0.39 is 5.54 Å². The van der Waals surface area contributed by atoms with E-state index in [4.69, 9.17) is 11.6 Å². The van der Waals surface area contributed by atoms with Gasteiger partial charge in [-0.1, -0.05) is 48.4 Å². The summed E-state index contributed by atoms with van der Waals surface area (Å²) in [4.78, 5) is 30.5. The maximum atomic E-state index is 14.6. The Balaban J connectivity index is 1.49. The summed E-state index contributed by atoms with van der Waals surface area (Å²) < 4.78 is 4.06. The molecule has 0 spiro atoms. The summed E-state index contributed by atoms with van der Waals surface area (Å²) in [5.41, 5.74) is 3.23. The molecular formula is C32H35ClN4O2. The number of amides is 2. The summed E-state index contributed by atoms with van der Waals surface area (Å²) in [6, 6.07) is 17.9. The molecule has 1 saturated carbocycles. The third kappa shape index (κ3) is 4.45. The number of nitrogens with one attached hydrogen (secondary N) is 1. The number of fused-ring (bicyclic) bond motifs is 3. The molecule has 0 saturated heterocycles. The van der Waals surface area contributed by atoms with Gasteiger partial charge >= 0.3 is 0 Å². The number of halogens is 1. The van der Waals surface area contributed by atoms with Gasteiger partial charge in [0.15, 0.2) is 0 Å². The smallest absolute Gasteiger partial charge is 0.273 e. The SMILES string of the molecule is Cc1ccc2c(c1)c(-n1cccc1)c1n2CC(C)(C(=O)NC2CCC(C)CC2)N(Cc2ccccc2Cl)C1=O. The topological polar surface area (TPSA) is 59.3 Å². The van der Waals surface area contributed by atoms with Crippen molar-refractivity contribution < 1.29 is 9.59 Å². The normalized spacial score (nSPS) is 23.2. The lowest BCUT2D eigenvalue weighted by molar-refractivity contribution is -0.134. The zero-order valence-electron chi connectivity index (χ0n) is 22.8. The van der Waals surface area contributed by atoms with Crippen LogP contribution >= 0.6 is 11.6 Å². The Morgan fingerprint density at radius 2 is 1.77 bits per heavy atom. The molecule has 0 radical (unpaired) electrons. The average molecular weight is 543 g/mol. The first-order valence-electron chi connectivity index (χ1n) is 13.9. The largest absolute Gasteiger partial charge is 0.351 e. The van der Waals surface area contributed by atoms with E-state index in [0.717, 1.165) is 53.4 Å². The van der Waals surface area contributed by atoms with Crippen LogP contribution in [0.4, 0.5) is 0 Å². The Morgan fingerprint density at radius 1 is 1.05 bits per heavy atom. The second-order valence-electron chi connectivity index (χ2n) is 11.6. The van der Waals surface area contributed by atoms with Gasteiger partial charge in [0.1, 0.15) is 11.2 Å². The Hall–Kier alpha value is -3.51. The minimum Gasteiger partial charge on any atom is -0.351 e. The van der Waals surface area contributed by atoms with Gasteiger partial charge in [-0.2, -0.15) is 0 Å². The van der Waals surface area contributed by atoms with Crippen LogP contribution in [0.2, 0.25) is 5.02 Å². The molecule has 1 N–H and O–H groups in total. The van der Waals surface area contributed by atoms with Gasteiger partial charge in [0.25, 0.3) is 5.91 Å². The molecule has 6 rings (SSSR count). The summed E-state index contributed by atoms with van der Waals surface area (Å²) in [7, 11) is 0. The Labute approximate surface area is 234 Å². The van der Waals surface area contributed by atoms with Crippen molar-refractivity contribution in [3.05, 3.63) is 88.8 Å². The number of rotatable bonds is 5. The molecule has 4 aromatic rings. The first-order valence-corrected chi connectivity index (χ1v) is 14.3. The van der Waals surface area contributed by atoms with Crippen molar-refractivity contribution in [3.63, 3.8) is 0 Å². The number of hydrogen-bond acceptors (Lipinski definition) is 2. The molecule has 1 atom stereocenters. The third-order valence-electron chi connectivity index (χ3n) is 8.69. The summed E-state index contributed by atoms with van der Waals surface area (Å²) in [6.45, 7) is 6.84. The predicted molar refractivity (Wildman–Crippen MR) is 155 cm³/mol.